The Morgan fingerprint density at radius 2 is 1.81 bits per heavy atom. The van der Waals surface area contributed by atoms with E-state index in [0.717, 1.165) is 25.9 Å². The molecule has 0 unspecified atom stereocenters. The molecule has 1 fully saturated rings. The lowest BCUT2D eigenvalue weighted by Crippen LogP contribution is -2.44. The van der Waals surface area contributed by atoms with Crippen molar-refractivity contribution in [3.05, 3.63) is 29.3 Å². The van der Waals surface area contributed by atoms with Gasteiger partial charge in [0, 0.05) is 11.1 Å². The van der Waals surface area contributed by atoms with Crippen molar-refractivity contribution in [3.63, 3.8) is 0 Å². The summed E-state index contributed by atoms with van der Waals surface area (Å²) in [5.41, 5.74) is 0. The van der Waals surface area contributed by atoms with Crippen molar-refractivity contribution in [1.82, 2.24) is 10.6 Å². The van der Waals surface area contributed by atoms with Crippen LogP contribution in [0, 0.1) is 0 Å². The molecule has 0 bridgehead atoms. The van der Waals surface area contributed by atoms with E-state index >= 15 is 0 Å². The zero-order valence-electron chi connectivity index (χ0n) is 11.3. The molecule has 21 heavy (non-hydrogen) atoms. The second-order valence-corrected chi connectivity index (χ2v) is 7.23. The quantitative estimate of drug-likeness (QED) is 0.858. The number of carbonyl (C=O) groups excluding carboxylic acids is 1. The van der Waals surface area contributed by atoms with E-state index in [2.05, 4.69) is 10.6 Å². The lowest BCUT2D eigenvalue weighted by atomic mass is 10.1. The van der Waals surface area contributed by atoms with Crippen molar-refractivity contribution in [2.24, 2.45) is 0 Å². The van der Waals surface area contributed by atoms with Gasteiger partial charge in [-0.15, -0.1) is 12.4 Å². The molecular formula is C13H18Cl2N2O3S. The maximum absolute atomic E-state index is 12.1. The van der Waals surface area contributed by atoms with Crippen LogP contribution in [0.5, 0.6) is 0 Å². The highest BCUT2D eigenvalue weighted by Gasteiger charge is 2.22. The van der Waals surface area contributed by atoms with Crippen molar-refractivity contribution in [3.8, 4) is 0 Å². The van der Waals surface area contributed by atoms with Gasteiger partial charge in [0.1, 0.15) is 5.75 Å². The second kappa shape index (κ2) is 7.98. The smallest absolute Gasteiger partial charge is 0.235 e. The van der Waals surface area contributed by atoms with Crippen LogP contribution in [-0.2, 0) is 14.6 Å². The van der Waals surface area contributed by atoms with Crippen LogP contribution >= 0.6 is 24.0 Å². The Hall–Kier alpha value is -0.820. The molecule has 1 aliphatic heterocycles. The maximum Gasteiger partial charge on any atom is 0.235 e. The van der Waals surface area contributed by atoms with Gasteiger partial charge in [-0.2, -0.15) is 0 Å². The van der Waals surface area contributed by atoms with E-state index in [4.69, 9.17) is 11.6 Å². The predicted molar refractivity (Wildman–Crippen MR) is 84.8 cm³/mol. The van der Waals surface area contributed by atoms with Crippen LogP contribution in [-0.4, -0.2) is 39.2 Å². The number of rotatable bonds is 4. The van der Waals surface area contributed by atoms with Crippen LogP contribution in [0.2, 0.25) is 5.02 Å². The van der Waals surface area contributed by atoms with Crippen molar-refractivity contribution in [1.29, 1.82) is 0 Å². The van der Waals surface area contributed by atoms with Crippen LogP contribution < -0.4 is 10.6 Å². The summed E-state index contributed by atoms with van der Waals surface area (Å²) < 4.78 is 24.2. The molecule has 1 saturated heterocycles. The van der Waals surface area contributed by atoms with Crippen molar-refractivity contribution in [2.45, 2.75) is 23.8 Å². The Labute approximate surface area is 135 Å². The van der Waals surface area contributed by atoms with E-state index in [9.17, 15) is 13.2 Å². The SMILES string of the molecule is Cl.O=C(CS(=O)(=O)c1ccc(Cl)cc1)NC1CCNCC1. The molecule has 118 valence electrons. The summed E-state index contributed by atoms with van der Waals surface area (Å²) in [6.07, 6.45) is 1.65. The molecule has 1 aromatic rings. The average Bonchev–Trinajstić information content (AvgIpc) is 2.39. The van der Waals surface area contributed by atoms with Crippen molar-refractivity contribution in [2.75, 3.05) is 18.8 Å². The highest BCUT2D eigenvalue weighted by molar-refractivity contribution is 7.92. The molecule has 1 aromatic carbocycles. The monoisotopic (exact) mass is 352 g/mol. The molecule has 0 saturated carbocycles. The van der Waals surface area contributed by atoms with Gasteiger partial charge in [-0.25, -0.2) is 8.42 Å². The fourth-order valence-corrected chi connectivity index (χ4v) is 3.41. The number of hydrogen-bond acceptors (Lipinski definition) is 4. The third-order valence-corrected chi connectivity index (χ3v) is 5.08. The van der Waals surface area contributed by atoms with E-state index in [1.54, 1.807) is 0 Å². The van der Waals surface area contributed by atoms with Gasteiger partial charge in [-0.1, -0.05) is 11.6 Å². The Kier molecular flexibility index (Phi) is 6.93. The van der Waals surface area contributed by atoms with Gasteiger partial charge < -0.3 is 10.6 Å². The molecule has 0 spiro atoms. The van der Waals surface area contributed by atoms with Crippen LogP contribution in [0.1, 0.15) is 12.8 Å². The molecule has 2 N–H and O–H groups in total. The molecular weight excluding hydrogens is 335 g/mol. The Morgan fingerprint density at radius 1 is 1.24 bits per heavy atom. The second-order valence-electron chi connectivity index (χ2n) is 4.80. The predicted octanol–water partition coefficient (Wildman–Crippen LogP) is 1.40. The summed E-state index contributed by atoms with van der Waals surface area (Å²) in [7, 11) is -3.61. The number of sulfone groups is 1. The number of carbonyl (C=O) groups is 1. The lowest BCUT2D eigenvalue weighted by Gasteiger charge is -2.23. The Balaban J connectivity index is 0.00000220. The highest BCUT2D eigenvalue weighted by Crippen LogP contribution is 2.15. The molecule has 5 nitrogen and oxygen atoms in total. The third-order valence-electron chi connectivity index (χ3n) is 3.20. The molecule has 0 atom stereocenters. The third kappa shape index (κ3) is 5.47. The lowest BCUT2D eigenvalue weighted by molar-refractivity contribution is -0.119. The molecule has 8 heteroatoms. The van der Waals surface area contributed by atoms with E-state index in [1.807, 2.05) is 0 Å². The normalized spacial score (nSPS) is 16.0. The van der Waals surface area contributed by atoms with Crippen molar-refractivity contribution < 1.29 is 13.2 Å². The van der Waals surface area contributed by atoms with E-state index in [-0.39, 0.29) is 23.3 Å². The molecule has 0 aliphatic carbocycles. The summed E-state index contributed by atoms with van der Waals surface area (Å²) in [5, 5.41) is 6.42. The summed E-state index contributed by atoms with van der Waals surface area (Å²) in [5.74, 6) is -0.981. The number of hydrogen-bond donors (Lipinski definition) is 2. The first-order valence-corrected chi connectivity index (χ1v) is 8.49. The fraction of sp³-hybridized carbons (Fsp3) is 0.462. The van der Waals surface area contributed by atoms with Gasteiger partial charge in [0.15, 0.2) is 9.84 Å². The van der Waals surface area contributed by atoms with Gasteiger partial charge in [0.05, 0.1) is 4.90 Å². The minimum absolute atomic E-state index is 0. The van der Waals surface area contributed by atoms with Crippen LogP contribution in [0.3, 0.4) is 0 Å². The molecule has 0 aromatic heterocycles. The molecule has 1 amide bonds. The maximum atomic E-state index is 12.1. The first kappa shape index (κ1) is 18.2. The van der Waals surface area contributed by atoms with E-state index in [1.165, 1.54) is 24.3 Å². The van der Waals surface area contributed by atoms with Gasteiger partial charge in [0.2, 0.25) is 5.91 Å². The largest absolute Gasteiger partial charge is 0.352 e. The standard InChI is InChI=1S/C13H17ClN2O3S.ClH/c14-10-1-3-12(4-2-10)20(18,19)9-13(17)16-11-5-7-15-8-6-11;/h1-4,11,15H,5-9H2,(H,16,17);1H. The number of amides is 1. The molecule has 2 rings (SSSR count). The number of piperidine rings is 1. The van der Waals surface area contributed by atoms with Gasteiger partial charge >= 0.3 is 0 Å². The fourth-order valence-electron chi connectivity index (χ4n) is 2.13. The van der Waals surface area contributed by atoms with Gasteiger partial charge in [-0.05, 0) is 50.2 Å². The zero-order valence-corrected chi connectivity index (χ0v) is 13.7. The molecule has 1 heterocycles. The summed E-state index contributed by atoms with van der Waals surface area (Å²) in [6.45, 7) is 1.68. The van der Waals surface area contributed by atoms with Gasteiger partial charge in [-0.3, -0.25) is 4.79 Å². The van der Waals surface area contributed by atoms with Gasteiger partial charge in [0.25, 0.3) is 0 Å². The number of benzene rings is 1. The zero-order chi connectivity index (χ0) is 14.6. The minimum atomic E-state index is -3.61. The summed E-state index contributed by atoms with van der Waals surface area (Å²) in [6, 6.07) is 5.88. The Morgan fingerprint density at radius 3 is 2.38 bits per heavy atom. The van der Waals surface area contributed by atoms with Crippen LogP contribution in [0.15, 0.2) is 29.2 Å². The summed E-state index contributed by atoms with van der Waals surface area (Å²) in [4.78, 5) is 11.9. The first-order valence-electron chi connectivity index (χ1n) is 6.46. The van der Waals surface area contributed by atoms with Crippen molar-refractivity contribution >= 4 is 39.8 Å². The molecule has 1 aliphatic rings. The van der Waals surface area contributed by atoms with Crippen LogP contribution in [0.25, 0.3) is 0 Å². The summed E-state index contributed by atoms with van der Waals surface area (Å²) >= 11 is 5.72. The highest BCUT2D eigenvalue weighted by atomic mass is 35.5. The minimum Gasteiger partial charge on any atom is -0.352 e. The Bertz CT molecular complexity index is 570. The number of nitrogens with one attached hydrogen (secondary N) is 2. The van der Waals surface area contributed by atoms with Crippen LogP contribution in [0.4, 0.5) is 0 Å². The van der Waals surface area contributed by atoms with E-state index in [0.29, 0.717) is 5.02 Å². The molecule has 0 radical (unpaired) electrons. The average molecular weight is 353 g/mol. The first-order chi connectivity index (χ1) is 9.47. The van der Waals surface area contributed by atoms with E-state index < -0.39 is 21.5 Å². The number of halogens is 2. The topological polar surface area (TPSA) is 75.3 Å².